The van der Waals surface area contributed by atoms with Crippen molar-refractivity contribution in [3.63, 3.8) is 0 Å². The molecule has 1 heteroatoms. The Morgan fingerprint density at radius 3 is 2.50 bits per heavy atom. The van der Waals surface area contributed by atoms with Crippen LogP contribution in [0.25, 0.3) is 11.1 Å². The molecule has 1 saturated heterocycles. The first-order valence-electron chi connectivity index (χ1n) is 7.83. The Balaban J connectivity index is 1.66. The van der Waals surface area contributed by atoms with E-state index in [0.29, 0.717) is 0 Å². The van der Waals surface area contributed by atoms with Gasteiger partial charge in [-0.3, -0.25) is 4.90 Å². The molecule has 1 fully saturated rings. The van der Waals surface area contributed by atoms with E-state index in [1.54, 1.807) is 11.1 Å². The summed E-state index contributed by atoms with van der Waals surface area (Å²) >= 11 is 0. The fourth-order valence-corrected chi connectivity index (χ4v) is 3.73. The molecule has 0 spiro atoms. The van der Waals surface area contributed by atoms with E-state index in [1.165, 1.54) is 49.0 Å². The van der Waals surface area contributed by atoms with Gasteiger partial charge in [-0.25, -0.2) is 0 Å². The summed E-state index contributed by atoms with van der Waals surface area (Å²) in [5, 5.41) is 0. The fourth-order valence-electron chi connectivity index (χ4n) is 3.73. The lowest BCUT2D eigenvalue weighted by molar-refractivity contribution is 0.220. The van der Waals surface area contributed by atoms with Gasteiger partial charge < -0.3 is 0 Å². The topological polar surface area (TPSA) is 3.24 Å². The largest absolute Gasteiger partial charge is 0.299 e. The summed E-state index contributed by atoms with van der Waals surface area (Å²) in [4.78, 5) is 2.63. The molecular formula is C19H21N. The molecular weight excluding hydrogens is 242 g/mol. The smallest absolute Gasteiger partial charge is 0.0236 e. The summed E-state index contributed by atoms with van der Waals surface area (Å²) in [7, 11) is 0. The predicted molar refractivity (Wildman–Crippen MR) is 83.8 cm³/mol. The van der Waals surface area contributed by atoms with Gasteiger partial charge in [0.1, 0.15) is 0 Å². The molecule has 1 aliphatic heterocycles. The summed E-state index contributed by atoms with van der Waals surface area (Å²) < 4.78 is 0. The molecule has 0 saturated carbocycles. The first-order valence-corrected chi connectivity index (χ1v) is 7.83. The number of benzene rings is 2. The van der Waals surface area contributed by atoms with E-state index in [4.69, 9.17) is 0 Å². The molecule has 2 aliphatic rings. The zero-order valence-corrected chi connectivity index (χ0v) is 11.9. The Morgan fingerprint density at radius 1 is 0.800 bits per heavy atom. The molecule has 0 atom stereocenters. The standard InChI is InChI=1S/C19H21N/c1-4-11-20(12-5-1)14-16-8-6-10-18-17-9-3-2-7-15(17)13-19(16)18/h2-3,6-10H,1,4-5,11-14H2. The van der Waals surface area contributed by atoms with E-state index in [2.05, 4.69) is 47.4 Å². The number of hydrogen-bond donors (Lipinski definition) is 0. The summed E-state index contributed by atoms with van der Waals surface area (Å²) in [6.07, 6.45) is 5.27. The molecule has 0 bridgehead atoms. The lowest BCUT2D eigenvalue weighted by Crippen LogP contribution is -2.29. The molecule has 102 valence electrons. The Kier molecular flexibility index (Phi) is 3.08. The third-order valence-electron chi connectivity index (χ3n) is 4.79. The normalized spacial score (nSPS) is 17.8. The molecule has 0 unspecified atom stereocenters. The van der Waals surface area contributed by atoms with Crippen LogP contribution in [0.4, 0.5) is 0 Å². The van der Waals surface area contributed by atoms with E-state index < -0.39 is 0 Å². The van der Waals surface area contributed by atoms with Gasteiger partial charge in [0.2, 0.25) is 0 Å². The summed E-state index contributed by atoms with van der Waals surface area (Å²) in [6, 6.07) is 15.7. The average Bonchev–Trinajstić information content (AvgIpc) is 2.88. The Bertz CT molecular complexity index is 623. The van der Waals surface area contributed by atoms with Crippen molar-refractivity contribution in [3.8, 4) is 11.1 Å². The van der Waals surface area contributed by atoms with Crippen molar-refractivity contribution >= 4 is 0 Å². The van der Waals surface area contributed by atoms with Crippen LogP contribution in [0.5, 0.6) is 0 Å². The molecule has 0 radical (unpaired) electrons. The van der Waals surface area contributed by atoms with E-state index in [9.17, 15) is 0 Å². The van der Waals surface area contributed by atoms with Gasteiger partial charge in [0.05, 0.1) is 0 Å². The molecule has 0 aromatic heterocycles. The van der Waals surface area contributed by atoms with E-state index >= 15 is 0 Å². The summed E-state index contributed by atoms with van der Waals surface area (Å²) in [5.41, 5.74) is 7.52. The van der Waals surface area contributed by atoms with Crippen LogP contribution in [0.2, 0.25) is 0 Å². The van der Waals surface area contributed by atoms with Gasteiger partial charge in [-0.1, -0.05) is 48.9 Å². The third-order valence-corrected chi connectivity index (χ3v) is 4.79. The Hall–Kier alpha value is -1.60. The molecule has 2 aromatic carbocycles. The summed E-state index contributed by atoms with van der Waals surface area (Å²) in [5.74, 6) is 0. The average molecular weight is 263 g/mol. The van der Waals surface area contributed by atoms with Crippen molar-refractivity contribution < 1.29 is 0 Å². The number of rotatable bonds is 2. The number of hydrogen-bond acceptors (Lipinski definition) is 1. The van der Waals surface area contributed by atoms with Gasteiger partial charge >= 0.3 is 0 Å². The van der Waals surface area contributed by atoms with Crippen molar-refractivity contribution in [1.82, 2.24) is 4.90 Å². The van der Waals surface area contributed by atoms with Gasteiger partial charge in [-0.05, 0) is 60.2 Å². The van der Waals surface area contributed by atoms with Crippen LogP contribution < -0.4 is 0 Å². The highest BCUT2D eigenvalue weighted by atomic mass is 15.1. The molecule has 1 aliphatic carbocycles. The maximum atomic E-state index is 2.63. The predicted octanol–water partition coefficient (Wildman–Crippen LogP) is 4.24. The van der Waals surface area contributed by atoms with Crippen molar-refractivity contribution in [1.29, 1.82) is 0 Å². The van der Waals surface area contributed by atoms with Gasteiger partial charge in [-0.2, -0.15) is 0 Å². The van der Waals surface area contributed by atoms with Crippen LogP contribution in [0.1, 0.15) is 36.0 Å². The first-order chi connectivity index (χ1) is 9.92. The molecule has 0 N–H and O–H groups in total. The van der Waals surface area contributed by atoms with E-state index in [-0.39, 0.29) is 0 Å². The second-order valence-corrected chi connectivity index (χ2v) is 6.11. The minimum absolute atomic E-state index is 1.12. The number of piperidine rings is 1. The lowest BCUT2D eigenvalue weighted by Gasteiger charge is -2.27. The van der Waals surface area contributed by atoms with Crippen LogP contribution in [0.3, 0.4) is 0 Å². The molecule has 20 heavy (non-hydrogen) atoms. The van der Waals surface area contributed by atoms with Crippen molar-refractivity contribution in [2.75, 3.05) is 13.1 Å². The zero-order valence-electron chi connectivity index (χ0n) is 11.9. The van der Waals surface area contributed by atoms with Crippen molar-refractivity contribution in [3.05, 3.63) is 59.2 Å². The first kappa shape index (κ1) is 12.2. The second kappa shape index (κ2) is 5.06. The zero-order chi connectivity index (χ0) is 13.4. The van der Waals surface area contributed by atoms with Crippen molar-refractivity contribution in [2.45, 2.75) is 32.2 Å². The van der Waals surface area contributed by atoms with Gasteiger partial charge in [0.15, 0.2) is 0 Å². The van der Waals surface area contributed by atoms with Crippen LogP contribution in [0, 0.1) is 0 Å². The van der Waals surface area contributed by atoms with Gasteiger partial charge in [-0.15, -0.1) is 0 Å². The maximum absolute atomic E-state index is 2.63. The lowest BCUT2D eigenvalue weighted by atomic mass is 10.00. The van der Waals surface area contributed by atoms with Crippen LogP contribution in [-0.4, -0.2) is 18.0 Å². The quantitative estimate of drug-likeness (QED) is 0.668. The number of nitrogens with zero attached hydrogens (tertiary/aromatic N) is 1. The minimum atomic E-state index is 1.12. The highest BCUT2D eigenvalue weighted by molar-refractivity contribution is 5.77. The third kappa shape index (κ3) is 2.06. The van der Waals surface area contributed by atoms with E-state index in [0.717, 1.165) is 13.0 Å². The Morgan fingerprint density at radius 2 is 1.60 bits per heavy atom. The highest BCUT2D eigenvalue weighted by Gasteiger charge is 2.21. The van der Waals surface area contributed by atoms with Crippen LogP contribution >= 0.6 is 0 Å². The molecule has 1 heterocycles. The molecule has 2 aromatic rings. The summed E-state index contributed by atoms with van der Waals surface area (Å²) in [6.45, 7) is 3.68. The maximum Gasteiger partial charge on any atom is 0.0236 e. The Labute approximate surface area is 121 Å². The van der Waals surface area contributed by atoms with Crippen LogP contribution in [0.15, 0.2) is 42.5 Å². The van der Waals surface area contributed by atoms with Gasteiger partial charge in [0.25, 0.3) is 0 Å². The van der Waals surface area contributed by atoms with Gasteiger partial charge in [0, 0.05) is 6.54 Å². The fraction of sp³-hybridized carbons (Fsp3) is 0.368. The number of likely N-dealkylation sites (tertiary alicyclic amines) is 1. The second-order valence-electron chi connectivity index (χ2n) is 6.11. The van der Waals surface area contributed by atoms with E-state index in [1.807, 2.05) is 0 Å². The highest BCUT2D eigenvalue weighted by Crippen LogP contribution is 2.38. The molecule has 1 nitrogen and oxygen atoms in total. The number of fused-ring (bicyclic) bond motifs is 3. The van der Waals surface area contributed by atoms with Crippen LogP contribution in [-0.2, 0) is 13.0 Å². The monoisotopic (exact) mass is 263 g/mol. The SMILES string of the molecule is c1ccc2c(c1)Cc1c(CN3CCCCC3)cccc1-2. The molecule has 0 amide bonds. The van der Waals surface area contributed by atoms with Crippen molar-refractivity contribution in [2.24, 2.45) is 0 Å². The molecule has 4 rings (SSSR count). The minimum Gasteiger partial charge on any atom is -0.299 e.